The van der Waals surface area contributed by atoms with Crippen molar-refractivity contribution in [3.63, 3.8) is 0 Å². The fourth-order valence-electron chi connectivity index (χ4n) is 2.19. The molecule has 2 N–H and O–H groups in total. The third kappa shape index (κ3) is 2.67. The molecule has 2 heterocycles. The number of nitrogens with zero attached hydrogens (tertiary/aromatic N) is 3. The molecule has 1 saturated heterocycles. The van der Waals surface area contributed by atoms with E-state index >= 15 is 0 Å². The normalized spacial score (nSPS) is 23.0. The fourth-order valence-corrected chi connectivity index (χ4v) is 2.19. The zero-order valence-electron chi connectivity index (χ0n) is 11.1. The minimum atomic E-state index is 0. The Hall–Kier alpha value is -1.07. The second kappa shape index (κ2) is 5.28. The molecule has 1 aliphatic rings. The van der Waals surface area contributed by atoms with E-state index in [4.69, 9.17) is 5.73 Å². The van der Waals surface area contributed by atoms with Crippen LogP contribution < -0.4 is 5.73 Å². The third-order valence-electron chi connectivity index (χ3n) is 3.67. The molecule has 0 saturated carbocycles. The molecule has 1 aromatic heterocycles. The van der Waals surface area contributed by atoms with Gasteiger partial charge in [0, 0.05) is 25.8 Å². The van der Waals surface area contributed by atoms with Crippen molar-refractivity contribution in [2.75, 3.05) is 19.6 Å². The van der Waals surface area contributed by atoms with Crippen molar-refractivity contribution in [2.45, 2.75) is 20.3 Å². The summed E-state index contributed by atoms with van der Waals surface area (Å²) in [6, 6.07) is 1.83. The third-order valence-corrected chi connectivity index (χ3v) is 3.67. The molecule has 0 radical (unpaired) electrons. The number of carbonyl (C=O) groups excluding carboxylic acids is 1. The smallest absolute Gasteiger partial charge is 0.274 e. The van der Waals surface area contributed by atoms with Gasteiger partial charge < -0.3 is 10.6 Å². The molecule has 1 fully saturated rings. The van der Waals surface area contributed by atoms with Crippen molar-refractivity contribution in [2.24, 2.45) is 18.2 Å². The number of amides is 1. The number of nitrogens with two attached hydrogens (primary N) is 1. The molecular weight excluding hydrogens is 252 g/mol. The van der Waals surface area contributed by atoms with Crippen LogP contribution in [0.5, 0.6) is 0 Å². The zero-order valence-corrected chi connectivity index (χ0v) is 12.0. The minimum absolute atomic E-state index is 0. The summed E-state index contributed by atoms with van der Waals surface area (Å²) in [4.78, 5) is 14.1. The Balaban J connectivity index is 0.00000162. The molecule has 0 bridgehead atoms. The van der Waals surface area contributed by atoms with Gasteiger partial charge in [0.1, 0.15) is 0 Å². The van der Waals surface area contributed by atoms with Gasteiger partial charge in [-0.3, -0.25) is 9.48 Å². The highest BCUT2D eigenvalue weighted by Gasteiger charge is 2.35. The Labute approximate surface area is 114 Å². The van der Waals surface area contributed by atoms with Crippen LogP contribution in [-0.2, 0) is 7.05 Å². The average Bonchev–Trinajstić information content (AvgIpc) is 2.84. The van der Waals surface area contributed by atoms with E-state index in [1.165, 1.54) is 0 Å². The molecule has 0 aromatic carbocycles. The van der Waals surface area contributed by atoms with E-state index in [0.717, 1.165) is 25.2 Å². The first-order valence-electron chi connectivity index (χ1n) is 5.95. The van der Waals surface area contributed by atoms with Crippen LogP contribution in [0.25, 0.3) is 0 Å². The molecule has 0 aliphatic carbocycles. The van der Waals surface area contributed by atoms with E-state index < -0.39 is 0 Å². The molecule has 1 aromatic rings. The molecule has 1 aliphatic heterocycles. The predicted octanol–water partition coefficient (Wildman–Crippen LogP) is 0.961. The number of halogens is 1. The van der Waals surface area contributed by atoms with E-state index in [1.54, 1.807) is 4.68 Å². The van der Waals surface area contributed by atoms with Crippen molar-refractivity contribution in [1.82, 2.24) is 14.7 Å². The molecular formula is C12H21ClN4O. The maximum Gasteiger partial charge on any atom is 0.274 e. The summed E-state index contributed by atoms with van der Waals surface area (Å²) in [5.74, 6) is 0.0193. The highest BCUT2D eigenvalue weighted by molar-refractivity contribution is 5.92. The molecule has 5 nitrogen and oxygen atoms in total. The van der Waals surface area contributed by atoms with Crippen LogP contribution in [-0.4, -0.2) is 40.2 Å². The molecule has 1 amide bonds. The van der Waals surface area contributed by atoms with Gasteiger partial charge in [-0.15, -0.1) is 12.4 Å². The van der Waals surface area contributed by atoms with Crippen LogP contribution in [0.15, 0.2) is 6.07 Å². The number of carbonyl (C=O) groups is 1. The summed E-state index contributed by atoms with van der Waals surface area (Å²) < 4.78 is 1.73. The van der Waals surface area contributed by atoms with Crippen molar-refractivity contribution in [1.29, 1.82) is 0 Å². The number of aryl methyl sites for hydroxylation is 2. The predicted molar refractivity (Wildman–Crippen MR) is 72.9 cm³/mol. The van der Waals surface area contributed by atoms with Crippen LogP contribution >= 0.6 is 12.4 Å². The van der Waals surface area contributed by atoms with Crippen molar-refractivity contribution >= 4 is 18.3 Å². The van der Waals surface area contributed by atoms with E-state index in [9.17, 15) is 4.79 Å². The Bertz CT molecular complexity index is 426. The maximum atomic E-state index is 12.2. The molecule has 102 valence electrons. The highest BCUT2D eigenvalue weighted by atomic mass is 35.5. The van der Waals surface area contributed by atoms with Gasteiger partial charge in [-0.1, -0.05) is 6.92 Å². The van der Waals surface area contributed by atoms with Gasteiger partial charge in [-0.2, -0.15) is 5.10 Å². The Morgan fingerprint density at radius 2 is 2.28 bits per heavy atom. The molecule has 18 heavy (non-hydrogen) atoms. The van der Waals surface area contributed by atoms with Crippen LogP contribution in [0.2, 0.25) is 0 Å². The average molecular weight is 273 g/mol. The van der Waals surface area contributed by atoms with Crippen molar-refractivity contribution in [3.8, 4) is 0 Å². The van der Waals surface area contributed by atoms with Crippen LogP contribution in [0.1, 0.15) is 29.5 Å². The Morgan fingerprint density at radius 3 is 2.72 bits per heavy atom. The summed E-state index contributed by atoms with van der Waals surface area (Å²) >= 11 is 0. The summed E-state index contributed by atoms with van der Waals surface area (Å²) in [6.07, 6.45) is 0.973. The second-order valence-corrected chi connectivity index (χ2v) is 5.29. The number of rotatable bonds is 2. The maximum absolute atomic E-state index is 12.2. The van der Waals surface area contributed by atoms with Crippen molar-refractivity contribution < 1.29 is 4.79 Å². The van der Waals surface area contributed by atoms with E-state index in [0.29, 0.717) is 12.2 Å². The highest BCUT2D eigenvalue weighted by Crippen LogP contribution is 2.29. The summed E-state index contributed by atoms with van der Waals surface area (Å²) in [5, 5.41) is 4.22. The summed E-state index contributed by atoms with van der Waals surface area (Å²) in [6.45, 7) is 6.21. The number of hydrogen-bond donors (Lipinski definition) is 1. The Morgan fingerprint density at radius 1 is 1.61 bits per heavy atom. The first kappa shape index (κ1) is 15.0. The lowest BCUT2D eigenvalue weighted by atomic mass is 9.90. The van der Waals surface area contributed by atoms with Crippen molar-refractivity contribution in [3.05, 3.63) is 17.5 Å². The van der Waals surface area contributed by atoms with Gasteiger partial charge in [-0.25, -0.2) is 0 Å². The van der Waals surface area contributed by atoms with Crippen LogP contribution in [0, 0.1) is 12.3 Å². The first-order valence-corrected chi connectivity index (χ1v) is 5.95. The standard InChI is InChI=1S/C12H20N4O.ClH/c1-9-6-10(14-15(9)3)11(17)16-5-4-12(2,7-13)8-16;/h6H,4-5,7-8,13H2,1-3H3;1H. The van der Waals surface area contributed by atoms with Gasteiger partial charge >= 0.3 is 0 Å². The SMILES string of the molecule is Cc1cc(C(=O)N2CCC(C)(CN)C2)nn1C.Cl. The van der Waals surface area contributed by atoms with Crippen LogP contribution in [0.3, 0.4) is 0 Å². The lowest BCUT2D eigenvalue weighted by Gasteiger charge is -2.21. The van der Waals surface area contributed by atoms with E-state index in [2.05, 4.69) is 12.0 Å². The number of hydrogen-bond acceptors (Lipinski definition) is 3. The molecule has 1 atom stereocenters. The molecule has 6 heteroatoms. The molecule has 0 spiro atoms. The summed E-state index contributed by atoms with van der Waals surface area (Å²) in [5.41, 5.74) is 7.34. The Kier molecular flexibility index (Phi) is 4.40. The second-order valence-electron chi connectivity index (χ2n) is 5.29. The first-order chi connectivity index (χ1) is 7.95. The van der Waals surface area contributed by atoms with Gasteiger partial charge in [-0.05, 0) is 31.4 Å². The quantitative estimate of drug-likeness (QED) is 0.872. The lowest BCUT2D eigenvalue weighted by Crippen LogP contribution is -2.34. The fraction of sp³-hybridized carbons (Fsp3) is 0.667. The summed E-state index contributed by atoms with van der Waals surface area (Å²) in [7, 11) is 1.85. The zero-order chi connectivity index (χ0) is 12.6. The van der Waals surface area contributed by atoms with E-state index in [-0.39, 0.29) is 23.7 Å². The largest absolute Gasteiger partial charge is 0.337 e. The van der Waals surface area contributed by atoms with Gasteiger partial charge in [0.15, 0.2) is 5.69 Å². The number of aromatic nitrogens is 2. The topological polar surface area (TPSA) is 64.2 Å². The minimum Gasteiger partial charge on any atom is -0.337 e. The molecule has 2 rings (SSSR count). The monoisotopic (exact) mass is 272 g/mol. The molecule has 1 unspecified atom stereocenters. The van der Waals surface area contributed by atoms with E-state index in [1.807, 2.05) is 24.9 Å². The van der Waals surface area contributed by atoms with Gasteiger partial charge in [0.05, 0.1) is 0 Å². The van der Waals surface area contributed by atoms with Crippen LogP contribution in [0.4, 0.5) is 0 Å². The lowest BCUT2D eigenvalue weighted by molar-refractivity contribution is 0.0770. The van der Waals surface area contributed by atoms with Gasteiger partial charge in [0.2, 0.25) is 0 Å². The number of likely N-dealkylation sites (tertiary alicyclic amines) is 1. The van der Waals surface area contributed by atoms with Gasteiger partial charge in [0.25, 0.3) is 5.91 Å².